The highest BCUT2D eigenvalue weighted by Crippen LogP contribution is 2.21. The predicted molar refractivity (Wildman–Crippen MR) is 71.9 cm³/mol. The topological polar surface area (TPSA) is 66.4 Å². The molecule has 0 atom stereocenters. The van der Waals surface area contributed by atoms with Crippen molar-refractivity contribution in [3.63, 3.8) is 0 Å². The van der Waals surface area contributed by atoms with Crippen LogP contribution in [0.2, 0.25) is 0 Å². The Kier molecular flexibility index (Phi) is 4.90. The third-order valence-corrected chi connectivity index (χ3v) is 4.38. The van der Waals surface area contributed by atoms with Gasteiger partial charge in [-0.3, -0.25) is 0 Å². The second kappa shape index (κ2) is 5.82. The van der Waals surface area contributed by atoms with Crippen LogP contribution in [-0.2, 0) is 16.6 Å². The van der Waals surface area contributed by atoms with Gasteiger partial charge in [0, 0.05) is 6.54 Å². The molecule has 0 bridgehead atoms. The van der Waals surface area contributed by atoms with Crippen LogP contribution in [0.25, 0.3) is 0 Å². The van der Waals surface area contributed by atoms with Crippen LogP contribution in [0.5, 0.6) is 0 Å². The summed E-state index contributed by atoms with van der Waals surface area (Å²) in [5.41, 5.74) is 2.21. The fourth-order valence-corrected chi connectivity index (χ4v) is 3.20. The number of aliphatic hydroxyl groups is 1. The van der Waals surface area contributed by atoms with E-state index in [0.29, 0.717) is 12.1 Å². The van der Waals surface area contributed by atoms with Crippen LogP contribution in [-0.4, -0.2) is 20.1 Å². The maximum atomic E-state index is 12.2. The number of sulfonamides is 1. The molecule has 0 heterocycles. The molecule has 0 amide bonds. The molecule has 0 saturated carbocycles. The Labute approximate surface area is 109 Å². The second-order valence-corrected chi connectivity index (χ2v) is 6.68. The molecular weight excluding hydrogens is 250 g/mol. The van der Waals surface area contributed by atoms with E-state index in [9.17, 15) is 8.42 Å². The van der Waals surface area contributed by atoms with Gasteiger partial charge in [0.25, 0.3) is 0 Å². The highest BCUT2D eigenvalue weighted by Gasteiger charge is 2.18. The fraction of sp³-hybridized carbons (Fsp3) is 0.538. The molecule has 1 aromatic carbocycles. The van der Waals surface area contributed by atoms with Gasteiger partial charge in [0.1, 0.15) is 0 Å². The minimum Gasteiger partial charge on any atom is -0.392 e. The lowest BCUT2D eigenvalue weighted by Gasteiger charge is -2.14. The number of hydrogen-bond acceptors (Lipinski definition) is 3. The molecule has 0 saturated heterocycles. The molecule has 4 nitrogen and oxygen atoms in total. The summed E-state index contributed by atoms with van der Waals surface area (Å²) in [7, 11) is -3.50. The number of benzene rings is 1. The molecule has 5 heteroatoms. The highest BCUT2D eigenvalue weighted by molar-refractivity contribution is 7.89. The number of hydrogen-bond donors (Lipinski definition) is 2. The molecule has 0 radical (unpaired) electrons. The first-order valence-electron chi connectivity index (χ1n) is 5.98. The summed E-state index contributed by atoms with van der Waals surface area (Å²) in [6.45, 7) is 7.77. The highest BCUT2D eigenvalue weighted by atomic mass is 32.2. The monoisotopic (exact) mass is 271 g/mol. The van der Waals surface area contributed by atoms with Crippen molar-refractivity contribution in [3.8, 4) is 0 Å². The van der Waals surface area contributed by atoms with E-state index < -0.39 is 10.0 Å². The Hall–Kier alpha value is -0.910. The van der Waals surface area contributed by atoms with Crippen molar-refractivity contribution in [2.24, 2.45) is 5.92 Å². The molecular formula is C13H21NO3S. The molecule has 0 aliphatic carbocycles. The molecule has 0 unspecified atom stereocenters. The molecule has 102 valence electrons. The molecule has 0 spiro atoms. The van der Waals surface area contributed by atoms with Gasteiger partial charge in [0.2, 0.25) is 10.0 Å². The van der Waals surface area contributed by atoms with Crippen LogP contribution in [0, 0.1) is 19.8 Å². The molecule has 0 fully saturated rings. The normalized spacial score (nSPS) is 12.1. The van der Waals surface area contributed by atoms with Crippen molar-refractivity contribution in [1.82, 2.24) is 4.72 Å². The summed E-state index contributed by atoms with van der Waals surface area (Å²) in [5.74, 6) is 0.252. The van der Waals surface area contributed by atoms with Crippen LogP contribution in [0.4, 0.5) is 0 Å². The number of rotatable bonds is 5. The first-order valence-corrected chi connectivity index (χ1v) is 7.47. The zero-order valence-electron chi connectivity index (χ0n) is 11.3. The van der Waals surface area contributed by atoms with Crippen LogP contribution in [0.15, 0.2) is 17.0 Å². The maximum absolute atomic E-state index is 12.2. The standard InChI is InChI=1S/C13H21NO3S/c1-9(2)7-14-18(16,17)13-6-12(8-15)5-10(3)11(13)4/h5-6,9,14-15H,7-8H2,1-4H3. The lowest BCUT2D eigenvalue weighted by atomic mass is 10.1. The van der Waals surface area contributed by atoms with Crippen molar-refractivity contribution in [3.05, 3.63) is 28.8 Å². The third kappa shape index (κ3) is 3.54. The number of nitrogens with one attached hydrogen (secondary N) is 1. The first kappa shape index (κ1) is 15.1. The zero-order valence-corrected chi connectivity index (χ0v) is 12.1. The van der Waals surface area contributed by atoms with E-state index in [2.05, 4.69) is 4.72 Å². The van der Waals surface area contributed by atoms with Gasteiger partial charge in [-0.25, -0.2) is 13.1 Å². The van der Waals surface area contributed by atoms with E-state index in [0.717, 1.165) is 11.1 Å². The summed E-state index contributed by atoms with van der Waals surface area (Å²) in [6, 6.07) is 3.34. The SMILES string of the molecule is Cc1cc(CO)cc(S(=O)(=O)NCC(C)C)c1C. The van der Waals surface area contributed by atoms with Crippen LogP contribution >= 0.6 is 0 Å². The maximum Gasteiger partial charge on any atom is 0.240 e. The lowest BCUT2D eigenvalue weighted by Crippen LogP contribution is -2.28. The Balaban J connectivity index is 3.19. The number of aliphatic hydroxyl groups excluding tert-OH is 1. The first-order chi connectivity index (χ1) is 8.27. The summed E-state index contributed by atoms with van der Waals surface area (Å²) in [4.78, 5) is 0.257. The Morgan fingerprint density at radius 3 is 2.39 bits per heavy atom. The summed E-state index contributed by atoms with van der Waals surface area (Å²) in [6.07, 6.45) is 0. The van der Waals surface area contributed by atoms with Crippen LogP contribution in [0.1, 0.15) is 30.5 Å². The van der Waals surface area contributed by atoms with Gasteiger partial charge in [-0.2, -0.15) is 0 Å². The number of aryl methyl sites for hydroxylation is 1. The minimum atomic E-state index is -3.50. The summed E-state index contributed by atoms with van der Waals surface area (Å²) < 4.78 is 27.0. The quantitative estimate of drug-likeness (QED) is 0.857. The average molecular weight is 271 g/mol. The smallest absolute Gasteiger partial charge is 0.240 e. The van der Waals surface area contributed by atoms with Crippen molar-refractivity contribution >= 4 is 10.0 Å². The molecule has 1 rings (SSSR count). The Morgan fingerprint density at radius 1 is 1.28 bits per heavy atom. The van der Waals surface area contributed by atoms with Gasteiger partial charge in [-0.15, -0.1) is 0 Å². The van der Waals surface area contributed by atoms with Crippen molar-refractivity contribution in [2.45, 2.75) is 39.2 Å². The summed E-state index contributed by atoms with van der Waals surface area (Å²) >= 11 is 0. The largest absolute Gasteiger partial charge is 0.392 e. The van der Waals surface area contributed by atoms with Crippen molar-refractivity contribution in [1.29, 1.82) is 0 Å². The Morgan fingerprint density at radius 2 is 1.89 bits per heavy atom. The van der Waals surface area contributed by atoms with E-state index in [1.807, 2.05) is 20.8 Å². The van der Waals surface area contributed by atoms with Gasteiger partial charge >= 0.3 is 0 Å². The fourth-order valence-electron chi connectivity index (χ4n) is 1.62. The van der Waals surface area contributed by atoms with E-state index >= 15 is 0 Å². The third-order valence-electron chi connectivity index (χ3n) is 2.83. The zero-order chi connectivity index (χ0) is 13.9. The van der Waals surface area contributed by atoms with E-state index in [4.69, 9.17) is 5.11 Å². The van der Waals surface area contributed by atoms with Gasteiger partial charge < -0.3 is 5.11 Å². The van der Waals surface area contributed by atoms with Gasteiger partial charge in [-0.1, -0.05) is 19.9 Å². The minimum absolute atomic E-state index is 0.159. The predicted octanol–water partition coefficient (Wildman–Crippen LogP) is 1.73. The van der Waals surface area contributed by atoms with E-state index in [1.54, 1.807) is 13.0 Å². The van der Waals surface area contributed by atoms with E-state index in [1.165, 1.54) is 6.07 Å². The Bertz CT molecular complexity index is 521. The molecule has 2 N–H and O–H groups in total. The van der Waals surface area contributed by atoms with Crippen molar-refractivity contribution < 1.29 is 13.5 Å². The average Bonchev–Trinajstić information content (AvgIpc) is 2.29. The van der Waals surface area contributed by atoms with Crippen molar-refractivity contribution in [2.75, 3.05) is 6.54 Å². The molecule has 1 aromatic rings. The molecule has 18 heavy (non-hydrogen) atoms. The molecule has 0 aromatic heterocycles. The summed E-state index contributed by atoms with van der Waals surface area (Å²) in [5, 5.41) is 9.15. The van der Waals surface area contributed by atoms with Gasteiger partial charge in [-0.05, 0) is 42.5 Å². The van der Waals surface area contributed by atoms with Gasteiger partial charge in [0.15, 0.2) is 0 Å². The lowest BCUT2D eigenvalue weighted by molar-refractivity contribution is 0.281. The molecule has 0 aliphatic heterocycles. The molecule has 0 aliphatic rings. The van der Waals surface area contributed by atoms with Gasteiger partial charge in [0.05, 0.1) is 11.5 Å². The van der Waals surface area contributed by atoms with E-state index in [-0.39, 0.29) is 17.4 Å². The van der Waals surface area contributed by atoms with Crippen LogP contribution < -0.4 is 4.72 Å². The van der Waals surface area contributed by atoms with Crippen LogP contribution in [0.3, 0.4) is 0 Å². The second-order valence-electron chi connectivity index (χ2n) is 4.94.